The summed E-state index contributed by atoms with van der Waals surface area (Å²) in [6, 6.07) is 0. The summed E-state index contributed by atoms with van der Waals surface area (Å²) < 4.78 is 6.22. The second-order valence-electron chi connectivity index (χ2n) is 2.24. The van der Waals surface area contributed by atoms with Gasteiger partial charge in [0.15, 0.2) is 7.85 Å². The van der Waals surface area contributed by atoms with E-state index in [1.807, 2.05) is 7.85 Å². The Morgan fingerprint density at radius 3 is 2.82 bits per heavy atom. The molecule has 0 fully saturated rings. The highest BCUT2D eigenvalue weighted by atomic mass is 16.5. The third-order valence-corrected chi connectivity index (χ3v) is 1.61. The first kappa shape index (κ1) is 7.85. The maximum absolute atomic E-state index is 11.0. The number of esters is 1. The van der Waals surface area contributed by atoms with Gasteiger partial charge in [0.1, 0.15) is 5.69 Å². The van der Waals surface area contributed by atoms with Crippen LogP contribution in [0.2, 0.25) is 0 Å². The number of imidazole rings is 1. The predicted molar refractivity (Wildman–Crippen MR) is 42.7 cm³/mol. The molecule has 0 unspecified atom stereocenters. The summed E-state index contributed by atoms with van der Waals surface area (Å²) in [6.45, 7) is 0. The molecule has 0 atom stereocenters. The Balaban J connectivity index is 3.04. The number of ether oxygens (including phenoxy) is 1. The summed E-state index contributed by atoms with van der Waals surface area (Å²) in [5.74, 6) is -0.354. The molecule has 0 aromatic carbocycles. The van der Waals surface area contributed by atoms with Crippen LogP contribution in [0.15, 0.2) is 6.20 Å². The standard InChI is InChI=1S/C6H9BN2O2/c1-9-4(5(10)11-2)3-8-6(9)7/h3H,7H2,1-2H3. The zero-order valence-electron chi connectivity index (χ0n) is 6.79. The van der Waals surface area contributed by atoms with Gasteiger partial charge in [0, 0.05) is 7.05 Å². The minimum atomic E-state index is -0.354. The summed E-state index contributed by atoms with van der Waals surface area (Å²) in [4.78, 5) is 14.9. The first-order chi connectivity index (χ1) is 5.16. The van der Waals surface area contributed by atoms with Gasteiger partial charge < -0.3 is 9.30 Å². The molecule has 58 valence electrons. The first-order valence-electron chi connectivity index (χ1n) is 3.23. The third-order valence-electron chi connectivity index (χ3n) is 1.61. The lowest BCUT2D eigenvalue weighted by molar-refractivity contribution is 0.0590. The quantitative estimate of drug-likeness (QED) is 0.362. The van der Waals surface area contributed by atoms with Crippen molar-refractivity contribution in [3.05, 3.63) is 11.9 Å². The molecule has 0 radical (unpaired) electrons. The fourth-order valence-electron chi connectivity index (χ4n) is 0.796. The van der Waals surface area contributed by atoms with Crippen LogP contribution >= 0.6 is 0 Å². The van der Waals surface area contributed by atoms with Gasteiger partial charge in [-0.25, -0.2) is 4.79 Å². The lowest BCUT2D eigenvalue weighted by Gasteiger charge is -1.99. The molecule has 1 rings (SSSR count). The van der Waals surface area contributed by atoms with Crippen molar-refractivity contribution in [3.8, 4) is 0 Å². The highest BCUT2D eigenvalue weighted by Crippen LogP contribution is 1.95. The minimum Gasteiger partial charge on any atom is -0.464 e. The molecule has 0 aliphatic carbocycles. The van der Waals surface area contributed by atoms with Gasteiger partial charge in [0.25, 0.3) is 0 Å². The van der Waals surface area contributed by atoms with Crippen LogP contribution in [0.1, 0.15) is 10.5 Å². The first-order valence-corrected chi connectivity index (χ1v) is 3.23. The number of hydrogen-bond acceptors (Lipinski definition) is 3. The van der Waals surface area contributed by atoms with E-state index in [4.69, 9.17) is 0 Å². The third kappa shape index (κ3) is 1.26. The molecule has 0 N–H and O–H groups in total. The largest absolute Gasteiger partial charge is 0.464 e. The Kier molecular flexibility index (Phi) is 1.98. The zero-order chi connectivity index (χ0) is 8.43. The second-order valence-corrected chi connectivity index (χ2v) is 2.24. The highest BCUT2D eigenvalue weighted by Gasteiger charge is 2.10. The van der Waals surface area contributed by atoms with Crippen LogP contribution in [0, 0.1) is 0 Å². The number of aromatic nitrogens is 2. The molecule has 1 heterocycles. The van der Waals surface area contributed by atoms with Crippen molar-refractivity contribution in [3.63, 3.8) is 0 Å². The van der Waals surface area contributed by atoms with Crippen LogP contribution in [-0.4, -0.2) is 30.5 Å². The zero-order valence-corrected chi connectivity index (χ0v) is 6.79. The van der Waals surface area contributed by atoms with E-state index >= 15 is 0 Å². The molecule has 0 aliphatic rings. The Morgan fingerprint density at radius 1 is 1.82 bits per heavy atom. The normalized spacial score (nSPS) is 9.64. The van der Waals surface area contributed by atoms with Gasteiger partial charge in [-0.15, -0.1) is 0 Å². The maximum atomic E-state index is 11.0. The average molecular weight is 152 g/mol. The SMILES string of the molecule is Bc1ncc(C(=O)OC)n1C. The number of methoxy groups -OCH3 is 1. The molecule has 4 nitrogen and oxygen atoms in total. The van der Waals surface area contributed by atoms with Crippen molar-refractivity contribution in [2.45, 2.75) is 0 Å². The Bertz CT molecular complexity index is 282. The Hall–Kier alpha value is -1.26. The van der Waals surface area contributed by atoms with Gasteiger partial charge in [-0.05, 0) is 0 Å². The van der Waals surface area contributed by atoms with Crippen molar-refractivity contribution >= 4 is 19.5 Å². The summed E-state index contributed by atoms with van der Waals surface area (Å²) in [5.41, 5.74) is 1.27. The molecule has 0 amide bonds. The molecule has 1 aromatic rings. The van der Waals surface area contributed by atoms with Crippen molar-refractivity contribution in [1.82, 2.24) is 9.55 Å². The number of carbonyl (C=O) groups is 1. The van der Waals surface area contributed by atoms with Gasteiger partial charge in [0.05, 0.1) is 19.0 Å². The topological polar surface area (TPSA) is 44.1 Å². The van der Waals surface area contributed by atoms with Crippen LogP contribution in [0.5, 0.6) is 0 Å². The fourth-order valence-corrected chi connectivity index (χ4v) is 0.796. The van der Waals surface area contributed by atoms with Gasteiger partial charge >= 0.3 is 5.97 Å². The van der Waals surface area contributed by atoms with Gasteiger partial charge in [-0.1, -0.05) is 0 Å². The van der Waals surface area contributed by atoms with Crippen molar-refractivity contribution in [2.75, 3.05) is 7.11 Å². The van der Waals surface area contributed by atoms with E-state index in [-0.39, 0.29) is 5.97 Å². The van der Waals surface area contributed by atoms with E-state index < -0.39 is 0 Å². The van der Waals surface area contributed by atoms with E-state index in [1.165, 1.54) is 13.3 Å². The molecular weight excluding hydrogens is 143 g/mol. The van der Waals surface area contributed by atoms with Crippen LogP contribution < -0.4 is 5.72 Å². The molecule has 0 aliphatic heterocycles. The number of nitrogens with zero attached hydrogens (tertiary/aromatic N) is 2. The fraction of sp³-hybridized carbons (Fsp3) is 0.333. The van der Waals surface area contributed by atoms with Crippen LogP contribution in [0.3, 0.4) is 0 Å². The van der Waals surface area contributed by atoms with E-state index in [9.17, 15) is 4.79 Å². The van der Waals surface area contributed by atoms with Gasteiger partial charge in [-0.3, -0.25) is 4.98 Å². The molecule has 0 saturated heterocycles. The Morgan fingerprint density at radius 2 is 2.45 bits per heavy atom. The van der Waals surface area contributed by atoms with E-state index in [0.717, 1.165) is 5.72 Å². The van der Waals surface area contributed by atoms with Gasteiger partial charge in [-0.2, -0.15) is 0 Å². The average Bonchev–Trinajstić information content (AvgIpc) is 2.32. The molecule has 1 aromatic heterocycles. The van der Waals surface area contributed by atoms with Crippen LogP contribution in [0.4, 0.5) is 0 Å². The highest BCUT2D eigenvalue weighted by molar-refractivity contribution is 6.29. The molecule has 0 spiro atoms. The van der Waals surface area contributed by atoms with Crippen LogP contribution in [-0.2, 0) is 11.8 Å². The predicted octanol–water partition coefficient (Wildman–Crippen LogP) is -1.53. The lowest BCUT2D eigenvalue weighted by atomic mass is 10.1. The number of hydrogen-bond donors (Lipinski definition) is 0. The molecule has 11 heavy (non-hydrogen) atoms. The number of carbonyl (C=O) groups excluding carboxylic acids is 1. The number of rotatable bonds is 1. The molecule has 5 heteroatoms. The van der Waals surface area contributed by atoms with E-state index in [1.54, 1.807) is 11.6 Å². The minimum absolute atomic E-state index is 0.354. The van der Waals surface area contributed by atoms with E-state index in [0.29, 0.717) is 5.69 Å². The van der Waals surface area contributed by atoms with E-state index in [2.05, 4.69) is 9.72 Å². The monoisotopic (exact) mass is 152 g/mol. The van der Waals surface area contributed by atoms with Gasteiger partial charge in [0.2, 0.25) is 0 Å². The summed E-state index contributed by atoms with van der Waals surface area (Å²) in [5, 5.41) is 0. The summed E-state index contributed by atoms with van der Waals surface area (Å²) in [7, 11) is 4.95. The summed E-state index contributed by atoms with van der Waals surface area (Å²) in [6.07, 6.45) is 1.50. The van der Waals surface area contributed by atoms with Crippen LogP contribution in [0.25, 0.3) is 0 Å². The maximum Gasteiger partial charge on any atom is 0.356 e. The molecular formula is C6H9BN2O2. The second kappa shape index (κ2) is 2.78. The molecule has 0 bridgehead atoms. The lowest BCUT2D eigenvalue weighted by Crippen LogP contribution is -2.19. The van der Waals surface area contributed by atoms with Crippen molar-refractivity contribution in [1.29, 1.82) is 0 Å². The molecule has 0 saturated carbocycles. The van der Waals surface area contributed by atoms with Crippen molar-refractivity contribution < 1.29 is 9.53 Å². The summed E-state index contributed by atoms with van der Waals surface area (Å²) >= 11 is 0. The smallest absolute Gasteiger partial charge is 0.356 e. The van der Waals surface area contributed by atoms with Crippen molar-refractivity contribution in [2.24, 2.45) is 7.05 Å². The Labute approximate surface area is 65.6 Å².